The van der Waals surface area contributed by atoms with Gasteiger partial charge in [-0.2, -0.15) is 0 Å². The van der Waals surface area contributed by atoms with Crippen molar-refractivity contribution in [2.75, 3.05) is 19.8 Å². The lowest BCUT2D eigenvalue weighted by atomic mass is 9.35. The molecule has 0 aromatic heterocycles. The van der Waals surface area contributed by atoms with E-state index in [0.717, 1.165) is 19.3 Å². The van der Waals surface area contributed by atoms with Crippen LogP contribution in [0.2, 0.25) is 0 Å². The number of aliphatic hydroxyl groups excluding tert-OH is 13. The molecule has 3 unspecified atom stereocenters. The molecule has 13 N–H and O–H groups in total. The molecule has 0 bridgehead atoms. The molecule has 7 rings (SSSR count). The van der Waals surface area contributed by atoms with E-state index in [1.807, 2.05) is 20.8 Å². The molecule has 0 spiro atoms. The maximum atomic E-state index is 12.6. The number of hydrogen-bond donors (Lipinski definition) is 13. The molecule has 388 valence electrons. The highest BCUT2D eigenvalue weighted by Crippen LogP contribution is 2.76. The topological polar surface area (TPSA) is 318 Å². The Labute approximate surface area is 393 Å². The van der Waals surface area contributed by atoms with Crippen molar-refractivity contribution >= 4 is 0 Å². The van der Waals surface area contributed by atoms with E-state index in [4.69, 9.17) is 28.4 Å². The normalized spacial score (nSPS) is 52.6. The van der Waals surface area contributed by atoms with Crippen LogP contribution in [-0.2, 0) is 28.4 Å². The first-order valence-electron chi connectivity index (χ1n) is 24.5. The van der Waals surface area contributed by atoms with Crippen molar-refractivity contribution in [1.29, 1.82) is 0 Å². The molecule has 7 aliphatic rings. The minimum Gasteiger partial charge on any atom is -0.394 e. The summed E-state index contributed by atoms with van der Waals surface area (Å²) in [5.41, 5.74) is -2.81. The first-order valence-corrected chi connectivity index (χ1v) is 24.5. The molecule has 3 saturated heterocycles. The van der Waals surface area contributed by atoms with Crippen LogP contribution in [0.1, 0.15) is 100 Å². The van der Waals surface area contributed by atoms with Gasteiger partial charge in [0.2, 0.25) is 0 Å². The van der Waals surface area contributed by atoms with Gasteiger partial charge in [0.15, 0.2) is 18.9 Å². The quantitative estimate of drug-likeness (QED) is 0.0762. The summed E-state index contributed by atoms with van der Waals surface area (Å²) in [5, 5.41) is 140. The zero-order valence-electron chi connectivity index (χ0n) is 40.3. The van der Waals surface area contributed by atoms with Crippen molar-refractivity contribution in [3.8, 4) is 0 Å². The van der Waals surface area contributed by atoms with Crippen molar-refractivity contribution in [2.24, 2.45) is 51.2 Å². The maximum Gasteiger partial charge on any atom is 0.187 e. The van der Waals surface area contributed by atoms with E-state index in [0.29, 0.717) is 25.7 Å². The second-order valence-corrected chi connectivity index (χ2v) is 23.0. The standard InChI is InChI=1S/C48H82O19/c1-21(2)23(52)10-16-48(8,67-42-39(61)36(58)33(55)26(19-50)63-42)22-9-14-47(7)31(22)24(53)17-29-45(5)13-12-30(44(3,4)28(45)11-15-46(29,47)6)65-43-40(37(59)34(56)27(20-51)64-43)66-41-38(60)35(57)32(54)25(18-49)62-41/h10,16,21-43,49-61H,9,11-15,17-20H2,1-8H3/b16-10+/t22-,23?,24?,25+,26+,27+,28-,29+,30?,31-,32+,33+,34+,35-,36-,37-,38+,39+,40+,41-,42-,43-,45-,46+,47+,48-/m0/s1. The first-order chi connectivity index (χ1) is 31.3. The van der Waals surface area contributed by atoms with E-state index in [2.05, 4.69) is 34.6 Å². The van der Waals surface area contributed by atoms with Crippen LogP contribution in [0.5, 0.6) is 0 Å². The Kier molecular flexibility index (Phi) is 15.9. The van der Waals surface area contributed by atoms with Gasteiger partial charge in [-0.15, -0.1) is 0 Å². The fourth-order valence-electron chi connectivity index (χ4n) is 14.6. The lowest BCUT2D eigenvalue weighted by molar-refractivity contribution is -0.378. The van der Waals surface area contributed by atoms with Crippen LogP contribution in [0.3, 0.4) is 0 Å². The zero-order chi connectivity index (χ0) is 49.5. The third kappa shape index (κ3) is 9.03. The van der Waals surface area contributed by atoms with Crippen LogP contribution in [0.4, 0.5) is 0 Å². The van der Waals surface area contributed by atoms with Crippen molar-refractivity contribution < 1.29 is 94.8 Å². The molecule has 26 atom stereocenters. The molecule has 3 aliphatic heterocycles. The zero-order valence-corrected chi connectivity index (χ0v) is 40.3. The Bertz CT molecular complexity index is 1700. The van der Waals surface area contributed by atoms with Crippen molar-refractivity contribution in [1.82, 2.24) is 0 Å². The number of hydrogen-bond acceptors (Lipinski definition) is 19. The smallest absolute Gasteiger partial charge is 0.187 e. The highest BCUT2D eigenvalue weighted by atomic mass is 16.8. The van der Waals surface area contributed by atoms with Crippen LogP contribution in [-0.4, -0.2) is 202 Å². The van der Waals surface area contributed by atoms with E-state index in [1.54, 1.807) is 12.2 Å². The minimum absolute atomic E-state index is 0.0499. The Balaban J connectivity index is 1.14. The molecule has 3 heterocycles. The molecule has 7 fully saturated rings. The predicted molar refractivity (Wildman–Crippen MR) is 235 cm³/mol. The van der Waals surface area contributed by atoms with Crippen molar-refractivity contribution in [2.45, 2.75) is 216 Å². The molecule has 67 heavy (non-hydrogen) atoms. The average Bonchev–Trinajstić information content (AvgIpc) is 3.67. The van der Waals surface area contributed by atoms with Gasteiger partial charge in [-0.1, -0.05) is 60.6 Å². The number of ether oxygens (including phenoxy) is 6. The third-order valence-corrected chi connectivity index (χ3v) is 18.9. The number of fused-ring (bicyclic) bond motifs is 5. The van der Waals surface area contributed by atoms with Crippen molar-refractivity contribution in [3.05, 3.63) is 12.2 Å². The van der Waals surface area contributed by atoms with E-state index in [9.17, 15) is 66.4 Å². The maximum absolute atomic E-state index is 12.6. The summed E-state index contributed by atoms with van der Waals surface area (Å²) in [7, 11) is 0. The summed E-state index contributed by atoms with van der Waals surface area (Å²) in [5.74, 6) is -0.666. The summed E-state index contributed by atoms with van der Waals surface area (Å²) in [4.78, 5) is 0. The fraction of sp³-hybridized carbons (Fsp3) is 0.958. The second-order valence-electron chi connectivity index (χ2n) is 23.0. The predicted octanol–water partition coefficient (Wildman–Crippen LogP) is -1.20. The summed E-state index contributed by atoms with van der Waals surface area (Å²) in [6.45, 7) is 14.8. The lowest BCUT2D eigenvalue weighted by Gasteiger charge is -2.71. The fourth-order valence-corrected chi connectivity index (χ4v) is 14.6. The van der Waals surface area contributed by atoms with Crippen LogP contribution < -0.4 is 0 Å². The van der Waals surface area contributed by atoms with Gasteiger partial charge in [-0.25, -0.2) is 0 Å². The summed E-state index contributed by atoms with van der Waals surface area (Å²) >= 11 is 0. The number of rotatable bonds is 13. The van der Waals surface area contributed by atoms with E-state index in [-0.39, 0.29) is 40.4 Å². The van der Waals surface area contributed by atoms with Crippen LogP contribution in [0.15, 0.2) is 12.2 Å². The van der Waals surface area contributed by atoms with E-state index < -0.39 is 147 Å². The molecular formula is C48H82O19. The molecule has 4 saturated carbocycles. The highest BCUT2D eigenvalue weighted by molar-refractivity contribution is 5.22. The molecule has 0 aromatic carbocycles. The van der Waals surface area contributed by atoms with Gasteiger partial charge in [0.05, 0.1) is 43.7 Å². The summed E-state index contributed by atoms with van der Waals surface area (Å²) < 4.78 is 37.0. The monoisotopic (exact) mass is 963 g/mol. The van der Waals surface area contributed by atoms with E-state index >= 15 is 0 Å². The average molecular weight is 963 g/mol. The minimum atomic E-state index is -1.80. The molecule has 0 radical (unpaired) electrons. The van der Waals surface area contributed by atoms with E-state index in [1.165, 1.54) is 0 Å². The Morgan fingerprint density at radius 3 is 1.70 bits per heavy atom. The van der Waals surface area contributed by atoms with Gasteiger partial charge >= 0.3 is 0 Å². The third-order valence-electron chi connectivity index (χ3n) is 18.9. The largest absolute Gasteiger partial charge is 0.394 e. The summed E-state index contributed by atoms with van der Waals surface area (Å²) in [6.07, 6.45) is -17.2. The van der Waals surface area contributed by atoms with Gasteiger partial charge in [-0.3, -0.25) is 0 Å². The van der Waals surface area contributed by atoms with Gasteiger partial charge in [-0.05, 0) is 103 Å². The van der Waals surface area contributed by atoms with Crippen LogP contribution >= 0.6 is 0 Å². The molecule has 0 aromatic rings. The second kappa shape index (κ2) is 19.8. The molecular weight excluding hydrogens is 881 g/mol. The Morgan fingerprint density at radius 1 is 0.612 bits per heavy atom. The molecule has 19 heteroatoms. The first kappa shape index (κ1) is 53.8. The highest BCUT2D eigenvalue weighted by Gasteiger charge is 2.72. The van der Waals surface area contributed by atoms with Gasteiger partial charge < -0.3 is 94.8 Å². The lowest BCUT2D eigenvalue weighted by Crippen LogP contribution is -2.68. The van der Waals surface area contributed by atoms with Gasteiger partial charge in [0.25, 0.3) is 0 Å². The number of aliphatic hydroxyl groups is 13. The molecule has 19 nitrogen and oxygen atoms in total. The summed E-state index contributed by atoms with van der Waals surface area (Å²) in [6, 6.07) is 0. The SMILES string of the molecule is CC(C)C(O)/C=C/[C@](C)(O[C@@H]1O[C@H](CO)[C@@H](O)[C@H](O)[C@H]1O)[C@H]1CC[C@]2(C)[C@@H]1C(O)C[C@@H]1[C@@]3(C)CCC(O[C@@H]4O[C@H](CO)[C@@H](O)[C@H](O)[C@H]4O[C@@H]4O[C@H](CO)[C@@H](O)[C@H](O)[C@H]4O)C(C)(C)[C@@H]3CC[C@]12C. The van der Waals surface area contributed by atoms with Gasteiger partial charge in [0, 0.05) is 0 Å². The molecule has 0 amide bonds. The van der Waals surface area contributed by atoms with Crippen LogP contribution in [0.25, 0.3) is 0 Å². The Morgan fingerprint density at radius 2 is 1.13 bits per heavy atom. The van der Waals surface area contributed by atoms with Crippen LogP contribution in [0, 0.1) is 51.2 Å². The Hall–Kier alpha value is -1.02. The van der Waals surface area contributed by atoms with Crippen molar-refractivity contribution in [3.63, 3.8) is 0 Å². The van der Waals surface area contributed by atoms with Gasteiger partial charge in [0.1, 0.15) is 73.2 Å². The molecule has 4 aliphatic carbocycles.